The van der Waals surface area contributed by atoms with Crippen LogP contribution in [-0.4, -0.2) is 33.4 Å². The van der Waals surface area contributed by atoms with Crippen molar-refractivity contribution in [3.05, 3.63) is 28.4 Å². The minimum absolute atomic E-state index is 0.0360. The fourth-order valence-electron chi connectivity index (χ4n) is 2.21. The average Bonchev–Trinajstić information content (AvgIpc) is 2.70. The van der Waals surface area contributed by atoms with Gasteiger partial charge in [-0.05, 0) is 12.8 Å². The summed E-state index contributed by atoms with van der Waals surface area (Å²) in [6.45, 7) is 1.46. The van der Waals surface area contributed by atoms with Crippen molar-refractivity contribution in [2.75, 3.05) is 13.1 Å². The van der Waals surface area contributed by atoms with Crippen LogP contribution in [0.4, 0.5) is 0 Å². The number of rotatable bonds is 2. The van der Waals surface area contributed by atoms with Gasteiger partial charge in [0.1, 0.15) is 18.2 Å². The van der Waals surface area contributed by atoms with Crippen LogP contribution in [0, 0.1) is 11.3 Å². The maximum absolute atomic E-state index is 12.1. The first kappa shape index (κ1) is 13.3. The van der Waals surface area contributed by atoms with Gasteiger partial charge in [-0.15, -0.1) is 0 Å². The molecule has 0 aliphatic carbocycles. The lowest BCUT2D eigenvalue weighted by molar-refractivity contribution is -0.131. The summed E-state index contributed by atoms with van der Waals surface area (Å²) in [7, 11) is 0. The lowest BCUT2D eigenvalue weighted by Gasteiger charge is -2.20. The van der Waals surface area contributed by atoms with Crippen LogP contribution in [0.1, 0.15) is 31.2 Å². The largest absolute Gasteiger partial charge is 0.341 e. The maximum Gasteiger partial charge on any atom is 0.271 e. The number of aromatic nitrogens is 2. The van der Waals surface area contributed by atoms with E-state index in [0.29, 0.717) is 0 Å². The third kappa shape index (κ3) is 3.19. The van der Waals surface area contributed by atoms with Crippen LogP contribution in [-0.2, 0) is 11.3 Å². The lowest BCUT2D eigenvalue weighted by Crippen LogP contribution is -2.37. The Kier molecular flexibility index (Phi) is 4.29. The van der Waals surface area contributed by atoms with Gasteiger partial charge in [-0.3, -0.25) is 14.2 Å². The van der Waals surface area contributed by atoms with Crippen molar-refractivity contribution >= 4 is 5.91 Å². The number of carbonyl (C=O) groups excluding carboxylic acids is 1. The Bertz CT molecular complexity index is 550. The molecule has 0 atom stereocenters. The summed E-state index contributed by atoms with van der Waals surface area (Å²) in [5.74, 6) is -0.0825. The topological polar surface area (TPSA) is 79.0 Å². The van der Waals surface area contributed by atoms with E-state index < -0.39 is 5.56 Å². The van der Waals surface area contributed by atoms with Crippen molar-refractivity contribution in [3.8, 4) is 6.07 Å². The van der Waals surface area contributed by atoms with Crippen LogP contribution < -0.4 is 5.56 Å². The molecule has 1 aliphatic heterocycles. The molecule has 1 aromatic heterocycles. The van der Waals surface area contributed by atoms with Crippen LogP contribution >= 0.6 is 0 Å². The van der Waals surface area contributed by atoms with E-state index in [9.17, 15) is 9.59 Å². The lowest BCUT2D eigenvalue weighted by atomic mass is 10.2. The minimum Gasteiger partial charge on any atom is -0.341 e. The van der Waals surface area contributed by atoms with E-state index in [1.165, 1.54) is 17.1 Å². The molecule has 1 fully saturated rings. The molecule has 19 heavy (non-hydrogen) atoms. The number of likely N-dealkylation sites (tertiary alicyclic amines) is 1. The number of nitrogens with zero attached hydrogens (tertiary/aromatic N) is 4. The molecule has 6 nitrogen and oxygen atoms in total. The highest BCUT2D eigenvalue weighted by Gasteiger charge is 2.16. The minimum atomic E-state index is -0.458. The first-order valence-corrected chi connectivity index (χ1v) is 6.44. The zero-order valence-corrected chi connectivity index (χ0v) is 10.7. The van der Waals surface area contributed by atoms with Crippen molar-refractivity contribution < 1.29 is 4.79 Å². The highest BCUT2D eigenvalue weighted by atomic mass is 16.2. The van der Waals surface area contributed by atoms with Gasteiger partial charge in [-0.25, -0.2) is 4.98 Å². The van der Waals surface area contributed by atoms with E-state index in [4.69, 9.17) is 5.26 Å². The highest BCUT2D eigenvalue weighted by molar-refractivity contribution is 5.76. The molecule has 6 heteroatoms. The Hall–Kier alpha value is -2.16. The molecule has 1 amide bonds. The van der Waals surface area contributed by atoms with Crippen LogP contribution in [0.2, 0.25) is 0 Å². The molecule has 1 saturated heterocycles. The van der Waals surface area contributed by atoms with Gasteiger partial charge >= 0.3 is 0 Å². The maximum atomic E-state index is 12.1. The predicted molar refractivity (Wildman–Crippen MR) is 68.3 cm³/mol. The van der Waals surface area contributed by atoms with Gasteiger partial charge in [0.2, 0.25) is 5.91 Å². The van der Waals surface area contributed by atoms with E-state index in [1.54, 1.807) is 11.0 Å². The Labute approximate surface area is 111 Å². The van der Waals surface area contributed by atoms with Crippen molar-refractivity contribution in [1.82, 2.24) is 14.5 Å². The molecule has 0 spiro atoms. The molecular formula is C13H16N4O2. The van der Waals surface area contributed by atoms with Crippen molar-refractivity contribution in [1.29, 1.82) is 5.26 Å². The van der Waals surface area contributed by atoms with E-state index in [1.807, 2.05) is 0 Å². The summed E-state index contributed by atoms with van der Waals surface area (Å²) >= 11 is 0. The zero-order valence-electron chi connectivity index (χ0n) is 10.7. The molecule has 0 N–H and O–H groups in total. The first-order chi connectivity index (χ1) is 9.22. The molecule has 0 radical (unpaired) electrons. The molecular weight excluding hydrogens is 244 g/mol. The van der Waals surface area contributed by atoms with Crippen LogP contribution in [0.25, 0.3) is 0 Å². The fraction of sp³-hybridized carbons (Fsp3) is 0.538. The number of amides is 1. The third-order valence-corrected chi connectivity index (χ3v) is 3.29. The van der Waals surface area contributed by atoms with Crippen molar-refractivity contribution in [2.24, 2.45) is 0 Å². The Morgan fingerprint density at radius 1 is 1.32 bits per heavy atom. The van der Waals surface area contributed by atoms with E-state index in [-0.39, 0.29) is 18.0 Å². The van der Waals surface area contributed by atoms with Gasteiger partial charge in [-0.2, -0.15) is 5.26 Å². The van der Waals surface area contributed by atoms with Gasteiger partial charge in [-0.1, -0.05) is 12.8 Å². The number of carbonyl (C=O) groups is 1. The SMILES string of the molecule is N#Cc1cncn(CC(=O)N2CCCCCC2)c1=O. The van der Waals surface area contributed by atoms with Gasteiger partial charge < -0.3 is 4.90 Å². The van der Waals surface area contributed by atoms with Gasteiger partial charge in [0.05, 0.1) is 12.5 Å². The summed E-state index contributed by atoms with van der Waals surface area (Å²) in [4.78, 5) is 29.5. The smallest absolute Gasteiger partial charge is 0.271 e. The third-order valence-electron chi connectivity index (χ3n) is 3.29. The molecule has 2 heterocycles. The van der Waals surface area contributed by atoms with E-state index in [0.717, 1.165) is 38.8 Å². The molecule has 100 valence electrons. The Morgan fingerprint density at radius 3 is 2.63 bits per heavy atom. The highest BCUT2D eigenvalue weighted by Crippen LogP contribution is 2.09. The predicted octanol–water partition coefficient (Wildman–Crippen LogP) is 0.518. The van der Waals surface area contributed by atoms with Gasteiger partial charge in [0.15, 0.2) is 0 Å². The monoisotopic (exact) mass is 260 g/mol. The summed E-state index contributed by atoms with van der Waals surface area (Å²) in [6.07, 6.45) is 6.84. The summed E-state index contributed by atoms with van der Waals surface area (Å²) in [5, 5.41) is 8.76. The van der Waals surface area contributed by atoms with Crippen LogP contribution in [0.5, 0.6) is 0 Å². The summed E-state index contributed by atoms with van der Waals surface area (Å²) in [5.41, 5.74) is -0.494. The number of nitriles is 1. The van der Waals surface area contributed by atoms with Crippen LogP contribution in [0.15, 0.2) is 17.3 Å². The fourth-order valence-corrected chi connectivity index (χ4v) is 2.21. The quantitative estimate of drug-likeness (QED) is 0.776. The standard InChI is InChI=1S/C13H16N4O2/c14-7-11-8-15-10-17(13(11)19)9-12(18)16-5-3-1-2-4-6-16/h8,10H,1-6,9H2. The first-order valence-electron chi connectivity index (χ1n) is 6.44. The second kappa shape index (κ2) is 6.14. The van der Waals surface area contributed by atoms with Crippen molar-refractivity contribution in [3.63, 3.8) is 0 Å². The second-order valence-electron chi connectivity index (χ2n) is 4.65. The Balaban J connectivity index is 2.10. The summed E-state index contributed by atoms with van der Waals surface area (Å²) in [6, 6.07) is 1.78. The van der Waals surface area contributed by atoms with E-state index >= 15 is 0 Å². The molecule has 0 bridgehead atoms. The second-order valence-corrected chi connectivity index (χ2v) is 4.65. The molecule has 2 rings (SSSR count). The molecule has 1 aromatic rings. The van der Waals surface area contributed by atoms with E-state index in [2.05, 4.69) is 4.98 Å². The molecule has 0 saturated carbocycles. The zero-order chi connectivity index (χ0) is 13.7. The Morgan fingerprint density at radius 2 is 2.00 bits per heavy atom. The summed E-state index contributed by atoms with van der Waals surface area (Å²) < 4.78 is 1.20. The van der Waals surface area contributed by atoms with Crippen molar-refractivity contribution in [2.45, 2.75) is 32.2 Å². The number of hydrogen-bond donors (Lipinski definition) is 0. The molecule has 0 aromatic carbocycles. The van der Waals surface area contributed by atoms with Crippen LogP contribution in [0.3, 0.4) is 0 Å². The molecule has 1 aliphatic rings. The molecule has 0 unspecified atom stereocenters. The van der Waals surface area contributed by atoms with Gasteiger partial charge in [0, 0.05) is 13.1 Å². The average molecular weight is 260 g/mol. The normalized spacial score (nSPS) is 15.6. The van der Waals surface area contributed by atoms with Gasteiger partial charge in [0.25, 0.3) is 5.56 Å². The number of hydrogen-bond acceptors (Lipinski definition) is 4.